The Morgan fingerprint density at radius 2 is 1.86 bits per heavy atom. The molecule has 1 unspecified atom stereocenters. The quantitative estimate of drug-likeness (QED) is 0.906. The van der Waals surface area contributed by atoms with Crippen molar-refractivity contribution in [1.29, 1.82) is 0 Å². The highest BCUT2D eigenvalue weighted by Gasteiger charge is 2.30. The summed E-state index contributed by atoms with van der Waals surface area (Å²) in [6, 6.07) is 0.784. The largest absolute Gasteiger partial charge is 0.356 e. The van der Waals surface area contributed by atoms with E-state index in [4.69, 9.17) is 0 Å². The highest BCUT2D eigenvalue weighted by atomic mass is 15.2. The Morgan fingerprint density at radius 1 is 1.00 bits per heavy atom. The summed E-state index contributed by atoms with van der Waals surface area (Å²) in [5, 5.41) is 3.69. The summed E-state index contributed by atoms with van der Waals surface area (Å²) in [6.45, 7) is 3.57. The van der Waals surface area contributed by atoms with Gasteiger partial charge in [-0.2, -0.15) is 0 Å². The molecule has 3 aliphatic rings. The summed E-state index contributed by atoms with van der Waals surface area (Å²) in [5.41, 5.74) is 2.76. The van der Waals surface area contributed by atoms with Gasteiger partial charge in [-0.3, -0.25) is 0 Å². The lowest BCUT2D eigenvalue weighted by Gasteiger charge is -2.36. The van der Waals surface area contributed by atoms with Gasteiger partial charge in [0.15, 0.2) is 0 Å². The fourth-order valence-electron chi connectivity index (χ4n) is 4.40. The number of rotatable bonds is 2. The van der Waals surface area contributed by atoms with Crippen LogP contribution in [0, 0.1) is 5.92 Å². The SMILES string of the molecule is c1nc2c(c(N3CCC(C4CCCN4)CC3)n1)CCCC2. The highest BCUT2D eigenvalue weighted by Crippen LogP contribution is 2.31. The van der Waals surface area contributed by atoms with Crippen LogP contribution in [0.25, 0.3) is 0 Å². The highest BCUT2D eigenvalue weighted by molar-refractivity contribution is 5.49. The molecule has 0 bridgehead atoms. The van der Waals surface area contributed by atoms with E-state index in [0.29, 0.717) is 0 Å². The molecule has 21 heavy (non-hydrogen) atoms. The minimum Gasteiger partial charge on any atom is -0.356 e. The molecule has 2 aliphatic heterocycles. The van der Waals surface area contributed by atoms with Crippen molar-refractivity contribution in [2.24, 2.45) is 5.92 Å². The Morgan fingerprint density at radius 3 is 2.67 bits per heavy atom. The Balaban J connectivity index is 1.46. The molecule has 1 aromatic rings. The molecular formula is C17H26N4. The zero-order valence-electron chi connectivity index (χ0n) is 12.9. The van der Waals surface area contributed by atoms with Gasteiger partial charge in [0.25, 0.3) is 0 Å². The van der Waals surface area contributed by atoms with Crippen molar-refractivity contribution in [3.63, 3.8) is 0 Å². The second-order valence-corrected chi connectivity index (χ2v) is 6.86. The smallest absolute Gasteiger partial charge is 0.135 e. The van der Waals surface area contributed by atoms with E-state index in [2.05, 4.69) is 20.2 Å². The van der Waals surface area contributed by atoms with Gasteiger partial charge in [-0.05, 0) is 63.8 Å². The van der Waals surface area contributed by atoms with Crippen molar-refractivity contribution < 1.29 is 0 Å². The third-order valence-corrected chi connectivity index (χ3v) is 5.61. The van der Waals surface area contributed by atoms with Gasteiger partial charge < -0.3 is 10.2 Å². The van der Waals surface area contributed by atoms with Gasteiger partial charge in [0, 0.05) is 30.4 Å². The van der Waals surface area contributed by atoms with Crippen LogP contribution >= 0.6 is 0 Å². The number of hydrogen-bond acceptors (Lipinski definition) is 4. The summed E-state index contributed by atoms with van der Waals surface area (Å²) in [5.74, 6) is 2.12. The van der Waals surface area contributed by atoms with E-state index >= 15 is 0 Å². The van der Waals surface area contributed by atoms with E-state index in [1.54, 1.807) is 6.33 Å². The molecule has 3 heterocycles. The summed E-state index contributed by atoms with van der Waals surface area (Å²) in [4.78, 5) is 11.7. The Kier molecular flexibility index (Phi) is 3.80. The number of hydrogen-bond donors (Lipinski definition) is 1. The fraction of sp³-hybridized carbons (Fsp3) is 0.765. The topological polar surface area (TPSA) is 41.1 Å². The lowest BCUT2D eigenvalue weighted by Crippen LogP contribution is -2.41. The second-order valence-electron chi connectivity index (χ2n) is 6.86. The van der Waals surface area contributed by atoms with Gasteiger partial charge >= 0.3 is 0 Å². The molecule has 0 saturated carbocycles. The average molecular weight is 286 g/mol. The molecule has 1 aromatic heterocycles. The van der Waals surface area contributed by atoms with Crippen molar-refractivity contribution >= 4 is 5.82 Å². The second kappa shape index (κ2) is 5.91. The van der Waals surface area contributed by atoms with E-state index in [1.807, 2.05) is 0 Å². The number of nitrogens with zero attached hydrogens (tertiary/aromatic N) is 3. The number of anilines is 1. The third kappa shape index (κ3) is 2.66. The van der Waals surface area contributed by atoms with Crippen molar-refractivity contribution in [2.45, 2.75) is 57.4 Å². The first-order chi connectivity index (χ1) is 10.4. The van der Waals surface area contributed by atoms with E-state index in [9.17, 15) is 0 Å². The summed E-state index contributed by atoms with van der Waals surface area (Å²) in [7, 11) is 0. The molecule has 0 spiro atoms. The molecule has 2 saturated heterocycles. The number of fused-ring (bicyclic) bond motifs is 1. The Hall–Kier alpha value is -1.16. The number of aromatic nitrogens is 2. The summed E-state index contributed by atoms with van der Waals surface area (Å²) < 4.78 is 0. The van der Waals surface area contributed by atoms with Gasteiger partial charge in [-0.1, -0.05) is 0 Å². The van der Waals surface area contributed by atoms with Crippen molar-refractivity contribution in [3.8, 4) is 0 Å². The lowest BCUT2D eigenvalue weighted by molar-refractivity contribution is 0.318. The molecule has 114 valence electrons. The van der Waals surface area contributed by atoms with Crippen LogP contribution in [0.2, 0.25) is 0 Å². The Bertz CT molecular complexity index is 488. The van der Waals surface area contributed by atoms with Crippen LogP contribution in [0.5, 0.6) is 0 Å². The molecule has 1 N–H and O–H groups in total. The number of piperidine rings is 1. The fourth-order valence-corrected chi connectivity index (χ4v) is 4.40. The number of aryl methyl sites for hydroxylation is 1. The van der Waals surface area contributed by atoms with E-state index in [-0.39, 0.29) is 0 Å². The lowest BCUT2D eigenvalue weighted by atomic mass is 9.88. The molecule has 1 atom stereocenters. The van der Waals surface area contributed by atoms with Crippen molar-refractivity contribution in [1.82, 2.24) is 15.3 Å². The minimum atomic E-state index is 0.784. The van der Waals surface area contributed by atoms with Gasteiger partial charge in [-0.25, -0.2) is 9.97 Å². The first kappa shape index (κ1) is 13.5. The third-order valence-electron chi connectivity index (χ3n) is 5.61. The van der Waals surface area contributed by atoms with E-state index in [0.717, 1.165) is 18.4 Å². The van der Waals surface area contributed by atoms with Crippen LogP contribution in [0.3, 0.4) is 0 Å². The van der Waals surface area contributed by atoms with Crippen LogP contribution in [0.15, 0.2) is 6.33 Å². The van der Waals surface area contributed by atoms with Gasteiger partial charge in [0.05, 0.1) is 0 Å². The van der Waals surface area contributed by atoms with Crippen LogP contribution in [0.1, 0.15) is 49.8 Å². The zero-order chi connectivity index (χ0) is 14.1. The normalized spacial score (nSPS) is 26.9. The average Bonchev–Trinajstić information content (AvgIpc) is 3.09. The molecule has 0 amide bonds. The maximum absolute atomic E-state index is 4.64. The summed E-state index contributed by atoms with van der Waals surface area (Å²) >= 11 is 0. The first-order valence-electron chi connectivity index (χ1n) is 8.73. The van der Waals surface area contributed by atoms with Crippen molar-refractivity contribution in [3.05, 3.63) is 17.6 Å². The van der Waals surface area contributed by atoms with Crippen LogP contribution in [-0.4, -0.2) is 35.6 Å². The minimum absolute atomic E-state index is 0.784. The molecule has 4 rings (SSSR count). The molecule has 2 fully saturated rings. The van der Waals surface area contributed by atoms with Crippen LogP contribution in [-0.2, 0) is 12.8 Å². The Labute approximate surface area is 127 Å². The van der Waals surface area contributed by atoms with E-state index < -0.39 is 0 Å². The standard InChI is InChI=1S/C17H26N4/c1-2-5-16-14(4-1)17(20-12-19-16)21-10-7-13(8-11-21)15-6-3-9-18-15/h12-13,15,18H,1-11H2. The van der Waals surface area contributed by atoms with Gasteiger partial charge in [0.2, 0.25) is 0 Å². The molecule has 0 radical (unpaired) electrons. The van der Waals surface area contributed by atoms with Crippen LogP contribution in [0.4, 0.5) is 5.82 Å². The zero-order valence-corrected chi connectivity index (χ0v) is 12.9. The molecule has 4 nitrogen and oxygen atoms in total. The molecule has 4 heteroatoms. The monoisotopic (exact) mass is 286 g/mol. The predicted molar refractivity (Wildman–Crippen MR) is 84.6 cm³/mol. The predicted octanol–water partition coefficient (Wildman–Crippen LogP) is 2.32. The molecular weight excluding hydrogens is 260 g/mol. The van der Waals surface area contributed by atoms with Crippen LogP contribution < -0.4 is 10.2 Å². The summed E-state index contributed by atoms with van der Waals surface area (Å²) in [6.07, 6.45) is 12.1. The molecule has 1 aliphatic carbocycles. The number of nitrogens with one attached hydrogen (secondary N) is 1. The van der Waals surface area contributed by atoms with Gasteiger partial charge in [0.1, 0.15) is 12.1 Å². The van der Waals surface area contributed by atoms with Gasteiger partial charge in [-0.15, -0.1) is 0 Å². The maximum Gasteiger partial charge on any atom is 0.135 e. The van der Waals surface area contributed by atoms with E-state index in [1.165, 1.54) is 81.7 Å². The molecule has 0 aromatic carbocycles. The maximum atomic E-state index is 4.64. The van der Waals surface area contributed by atoms with Crippen molar-refractivity contribution in [2.75, 3.05) is 24.5 Å². The first-order valence-corrected chi connectivity index (χ1v) is 8.73.